The van der Waals surface area contributed by atoms with Crippen molar-refractivity contribution in [3.8, 4) is 0 Å². The maximum absolute atomic E-state index is 6.28. The molecular weight excluding hydrogens is 234 g/mol. The molecule has 3 aliphatic rings. The maximum Gasteiger partial charge on any atom is 0.0391 e. The molecule has 3 heteroatoms. The zero-order valence-electron chi connectivity index (χ0n) is 11.5. The average Bonchev–Trinajstić information content (AvgIpc) is 3.05. The Morgan fingerprint density at radius 3 is 2.58 bits per heavy atom. The summed E-state index contributed by atoms with van der Waals surface area (Å²) >= 11 is 0. The van der Waals surface area contributed by atoms with Crippen molar-refractivity contribution in [2.24, 2.45) is 11.7 Å². The number of benzene rings is 1. The van der Waals surface area contributed by atoms with E-state index in [-0.39, 0.29) is 5.54 Å². The zero-order valence-corrected chi connectivity index (χ0v) is 11.5. The summed E-state index contributed by atoms with van der Waals surface area (Å²) in [6.07, 6.45) is 2.59. The predicted octanol–water partition coefficient (Wildman–Crippen LogP) is 1.43. The normalized spacial score (nSPS) is 37.5. The highest BCUT2D eigenvalue weighted by Gasteiger charge is 2.49. The minimum atomic E-state index is 0.256. The number of fused-ring (bicyclic) bond motifs is 3. The molecule has 19 heavy (non-hydrogen) atoms. The standard InChI is InChI=1S/C16H23N3/c17-12-16(6-8-18-7-5-15(16)11-18)19-9-13-3-1-2-4-14(13)10-19/h1-4,15H,5-12,17H2. The highest BCUT2D eigenvalue weighted by molar-refractivity contribution is 5.31. The van der Waals surface area contributed by atoms with E-state index in [1.54, 1.807) is 0 Å². The van der Waals surface area contributed by atoms with Gasteiger partial charge in [-0.25, -0.2) is 0 Å². The lowest BCUT2D eigenvalue weighted by atomic mass is 9.77. The fourth-order valence-electron chi connectivity index (χ4n) is 4.49. The summed E-state index contributed by atoms with van der Waals surface area (Å²) in [6.45, 7) is 6.81. The van der Waals surface area contributed by atoms with Gasteiger partial charge in [-0.2, -0.15) is 0 Å². The van der Waals surface area contributed by atoms with Crippen LogP contribution < -0.4 is 5.73 Å². The molecule has 0 saturated carbocycles. The van der Waals surface area contributed by atoms with Crippen molar-refractivity contribution in [1.82, 2.24) is 9.80 Å². The van der Waals surface area contributed by atoms with E-state index >= 15 is 0 Å². The van der Waals surface area contributed by atoms with Crippen LogP contribution in [-0.2, 0) is 13.1 Å². The highest BCUT2D eigenvalue weighted by Crippen LogP contribution is 2.42. The Morgan fingerprint density at radius 1 is 1.16 bits per heavy atom. The van der Waals surface area contributed by atoms with Crippen LogP contribution in [0.3, 0.4) is 0 Å². The van der Waals surface area contributed by atoms with Crippen molar-refractivity contribution in [2.45, 2.75) is 31.5 Å². The molecule has 2 fully saturated rings. The Hall–Kier alpha value is -0.900. The molecule has 3 atom stereocenters. The average molecular weight is 257 g/mol. The summed E-state index contributed by atoms with van der Waals surface area (Å²) in [5.41, 5.74) is 9.55. The minimum Gasteiger partial charge on any atom is -0.329 e. The minimum absolute atomic E-state index is 0.256. The van der Waals surface area contributed by atoms with E-state index in [2.05, 4.69) is 34.1 Å². The molecule has 0 amide bonds. The van der Waals surface area contributed by atoms with Gasteiger partial charge in [0.15, 0.2) is 0 Å². The number of rotatable bonds is 2. The second kappa shape index (κ2) is 4.30. The van der Waals surface area contributed by atoms with Crippen molar-refractivity contribution in [1.29, 1.82) is 0 Å². The van der Waals surface area contributed by atoms with E-state index in [1.165, 1.54) is 43.6 Å². The molecular formula is C16H23N3. The van der Waals surface area contributed by atoms with Crippen molar-refractivity contribution in [3.05, 3.63) is 35.4 Å². The smallest absolute Gasteiger partial charge is 0.0391 e. The van der Waals surface area contributed by atoms with Gasteiger partial charge in [0.1, 0.15) is 0 Å². The second-order valence-electron chi connectivity index (χ2n) is 6.47. The summed E-state index contributed by atoms with van der Waals surface area (Å²) in [4.78, 5) is 5.30. The van der Waals surface area contributed by atoms with E-state index in [4.69, 9.17) is 5.73 Å². The first-order valence-electron chi connectivity index (χ1n) is 7.56. The van der Waals surface area contributed by atoms with Crippen LogP contribution in [0.15, 0.2) is 24.3 Å². The second-order valence-corrected chi connectivity index (χ2v) is 6.47. The van der Waals surface area contributed by atoms with Crippen LogP contribution in [0.5, 0.6) is 0 Å². The molecule has 3 nitrogen and oxygen atoms in total. The lowest BCUT2D eigenvalue weighted by molar-refractivity contribution is 0.00426. The molecule has 3 aliphatic heterocycles. The number of piperidine rings is 1. The quantitative estimate of drug-likeness (QED) is 0.870. The number of hydrogen-bond donors (Lipinski definition) is 1. The third kappa shape index (κ3) is 1.69. The molecule has 0 spiro atoms. The zero-order chi connectivity index (χ0) is 12.9. The lowest BCUT2D eigenvalue weighted by Gasteiger charge is -2.48. The van der Waals surface area contributed by atoms with E-state index < -0.39 is 0 Å². The number of hydrogen-bond acceptors (Lipinski definition) is 3. The van der Waals surface area contributed by atoms with Crippen LogP contribution in [0.4, 0.5) is 0 Å². The maximum atomic E-state index is 6.28. The van der Waals surface area contributed by atoms with Gasteiger partial charge < -0.3 is 10.6 Å². The Bertz CT molecular complexity index is 462. The number of nitrogens with two attached hydrogens (primary N) is 1. The predicted molar refractivity (Wildman–Crippen MR) is 76.6 cm³/mol. The van der Waals surface area contributed by atoms with Crippen LogP contribution in [0.25, 0.3) is 0 Å². The van der Waals surface area contributed by atoms with Gasteiger partial charge in [0.25, 0.3) is 0 Å². The topological polar surface area (TPSA) is 32.5 Å². The van der Waals surface area contributed by atoms with Gasteiger partial charge in [-0.3, -0.25) is 4.90 Å². The molecule has 1 aromatic rings. The van der Waals surface area contributed by atoms with Crippen molar-refractivity contribution < 1.29 is 0 Å². The van der Waals surface area contributed by atoms with Gasteiger partial charge in [-0.15, -0.1) is 0 Å². The largest absolute Gasteiger partial charge is 0.329 e. The molecule has 0 aliphatic carbocycles. The Morgan fingerprint density at radius 2 is 1.89 bits per heavy atom. The SMILES string of the molecule is NCC1(N2Cc3ccccc3C2)CCN2CCC1C2. The summed E-state index contributed by atoms with van der Waals surface area (Å²) in [7, 11) is 0. The summed E-state index contributed by atoms with van der Waals surface area (Å²) in [5, 5.41) is 0. The monoisotopic (exact) mass is 257 g/mol. The molecule has 0 aromatic heterocycles. The summed E-state index contributed by atoms with van der Waals surface area (Å²) in [6, 6.07) is 8.89. The van der Waals surface area contributed by atoms with Gasteiger partial charge in [0.05, 0.1) is 0 Å². The van der Waals surface area contributed by atoms with Gasteiger partial charge in [0.2, 0.25) is 0 Å². The molecule has 3 unspecified atom stereocenters. The summed E-state index contributed by atoms with van der Waals surface area (Å²) in [5.74, 6) is 0.778. The Kier molecular flexibility index (Phi) is 2.69. The van der Waals surface area contributed by atoms with Crippen LogP contribution >= 0.6 is 0 Å². The third-order valence-electron chi connectivity index (χ3n) is 5.72. The Labute approximate surface area is 115 Å². The fraction of sp³-hybridized carbons (Fsp3) is 0.625. The van der Waals surface area contributed by atoms with Gasteiger partial charge in [0, 0.05) is 31.7 Å². The van der Waals surface area contributed by atoms with Crippen LogP contribution in [0, 0.1) is 5.92 Å². The van der Waals surface area contributed by atoms with Gasteiger partial charge in [-0.05, 0) is 43.0 Å². The summed E-state index contributed by atoms with van der Waals surface area (Å²) < 4.78 is 0. The molecule has 0 radical (unpaired) electrons. The first-order valence-corrected chi connectivity index (χ1v) is 7.56. The van der Waals surface area contributed by atoms with Crippen LogP contribution in [0.1, 0.15) is 24.0 Å². The fourth-order valence-corrected chi connectivity index (χ4v) is 4.49. The molecule has 2 N–H and O–H groups in total. The van der Waals surface area contributed by atoms with Crippen LogP contribution in [-0.4, -0.2) is 41.5 Å². The number of nitrogens with zero attached hydrogens (tertiary/aromatic N) is 2. The molecule has 102 valence electrons. The third-order valence-corrected chi connectivity index (χ3v) is 5.72. The van der Waals surface area contributed by atoms with E-state index in [9.17, 15) is 0 Å². The van der Waals surface area contributed by atoms with Crippen LogP contribution in [0.2, 0.25) is 0 Å². The van der Waals surface area contributed by atoms with Crippen molar-refractivity contribution >= 4 is 0 Å². The van der Waals surface area contributed by atoms with Gasteiger partial charge in [-0.1, -0.05) is 24.3 Å². The van der Waals surface area contributed by atoms with Crippen molar-refractivity contribution in [2.75, 3.05) is 26.2 Å². The van der Waals surface area contributed by atoms with E-state index in [0.29, 0.717) is 0 Å². The first-order chi connectivity index (χ1) is 9.32. The highest BCUT2D eigenvalue weighted by atomic mass is 15.3. The molecule has 1 aromatic carbocycles. The molecule has 2 bridgehead atoms. The van der Waals surface area contributed by atoms with Crippen molar-refractivity contribution in [3.63, 3.8) is 0 Å². The first kappa shape index (κ1) is 11.9. The molecule has 2 saturated heterocycles. The molecule has 4 rings (SSSR count). The van der Waals surface area contributed by atoms with Gasteiger partial charge >= 0.3 is 0 Å². The Balaban J connectivity index is 1.64. The van der Waals surface area contributed by atoms with E-state index in [0.717, 1.165) is 25.6 Å². The lowest BCUT2D eigenvalue weighted by Crippen LogP contribution is -2.60. The molecule has 3 heterocycles. The van der Waals surface area contributed by atoms with E-state index in [1.807, 2.05) is 0 Å².